The Kier molecular flexibility index (Phi) is 15.4. The molecule has 59 heavy (non-hydrogen) atoms. The summed E-state index contributed by atoms with van der Waals surface area (Å²) in [6, 6.07) is 16.7. The number of amides is 4. The van der Waals surface area contributed by atoms with Crippen LogP contribution in [-0.2, 0) is 42.7 Å². The second-order valence-electron chi connectivity index (χ2n) is 14.2. The second-order valence-corrected chi connectivity index (χ2v) is 15.3. The van der Waals surface area contributed by atoms with Gasteiger partial charge in [-0.05, 0) is 71.8 Å². The van der Waals surface area contributed by atoms with E-state index in [9.17, 15) is 44.4 Å². The van der Waals surface area contributed by atoms with Gasteiger partial charge in [0.2, 0.25) is 23.6 Å². The van der Waals surface area contributed by atoms with Crippen LogP contribution in [0, 0.1) is 5.92 Å². The summed E-state index contributed by atoms with van der Waals surface area (Å²) in [4.78, 5) is 73.3. The van der Waals surface area contributed by atoms with E-state index >= 15 is 0 Å². The molecule has 0 aliphatic heterocycles. The molecule has 0 radical (unpaired) electrons. The van der Waals surface area contributed by atoms with Crippen molar-refractivity contribution < 1.29 is 44.4 Å². The number of nitrogens with one attached hydrogen (secondary N) is 5. The molecule has 2 aromatic heterocycles. The molecule has 16 nitrogen and oxygen atoms in total. The van der Waals surface area contributed by atoms with Crippen molar-refractivity contribution in [2.45, 2.75) is 57.1 Å². The molecule has 17 heteroatoms. The van der Waals surface area contributed by atoms with Crippen LogP contribution < -0.4 is 26.6 Å². The third-order valence-corrected chi connectivity index (χ3v) is 10.4. The minimum Gasteiger partial charge on any atom is -0.508 e. The lowest BCUT2D eigenvalue weighted by atomic mass is 10.0. The topological polar surface area (TPSA) is 252 Å². The fourth-order valence-corrected chi connectivity index (χ4v) is 7.34. The third-order valence-electron chi connectivity index (χ3n) is 9.29. The maximum Gasteiger partial charge on any atom is 0.326 e. The van der Waals surface area contributed by atoms with Crippen LogP contribution >= 0.6 is 11.8 Å². The molecule has 2 heterocycles. The number of aromatic nitrogens is 2. The predicted molar refractivity (Wildman–Crippen MR) is 222 cm³/mol. The van der Waals surface area contributed by atoms with E-state index in [-0.39, 0.29) is 48.3 Å². The number of aromatic hydroxyl groups is 3. The molecule has 3 atom stereocenters. The van der Waals surface area contributed by atoms with Crippen LogP contribution in [0.5, 0.6) is 17.2 Å². The zero-order valence-corrected chi connectivity index (χ0v) is 33.3. The van der Waals surface area contributed by atoms with Gasteiger partial charge in [-0.3, -0.25) is 29.1 Å². The lowest BCUT2D eigenvalue weighted by molar-refractivity contribution is -0.142. The van der Waals surface area contributed by atoms with E-state index < -0.39 is 60.8 Å². The van der Waals surface area contributed by atoms with Crippen LogP contribution in [0.25, 0.3) is 21.8 Å². The van der Waals surface area contributed by atoms with Crippen LogP contribution in [-0.4, -0.2) is 97.0 Å². The Morgan fingerprint density at radius 2 is 1.29 bits per heavy atom. The highest BCUT2D eigenvalue weighted by Gasteiger charge is 2.28. The van der Waals surface area contributed by atoms with Gasteiger partial charge in [0.25, 0.3) is 0 Å². The summed E-state index contributed by atoms with van der Waals surface area (Å²) >= 11 is 1.30. The summed E-state index contributed by atoms with van der Waals surface area (Å²) in [5.74, 6) is -3.36. The zero-order chi connectivity index (χ0) is 42.5. The van der Waals surface area contributed by atoms with Crippen LogP contribution in [0.15, 0.2) is 85.2 Å². The summed E-state index contributed by atoms with van der Waals surface area (Å²) in [6.07, 6.45) is 3.49. The largest absolute Gasteiger partial charge is 0.508 e. The molecule has 310 valence electrons. The van der Waals surface area contributed by atoms with Gasteiger partial charge in [0.15, 0.2) is 0 Å². The Morgan fingerprint density at radius 3 is 1.92 bits per heavy atom. The van der Waals surface area contributed by atoms with Gasteiger partial charge in [-0.1, -0.05) is 50.2 Å². The van der Waals surface area contributed by atoms with Crippen molar-refractivity contribution in [3.8, 4) is 17.2 Å². The van der Waals surface area contributed by atoms with Gasteiger partial charge in [0, 0.05) is 41.2 Å². The maximum absolute atomic E-state index is 13.5. The number of aliphatic carboxylic acids is 1. The Bertz CT molecular complexity index is 2290. The van der Waals surface area contributed by atoms with Gasteiger partial charge in [-0.25, -0.2) is 4.79 Å². The minimum absolute atomic E-state index is 0.0194. The Hall–Kier alpha value is -6.46. The average molecular weight is 826 g/mol. The Labute approximate surface area is 344 Å². The first-order chi connectivity index (χ1) is 28.3. The maximum atomic E-state index is 13.5. The molecule has 0 unspecified atom stereocenters. The number of phenols is 3. The number of hydrogen-bond donors (Lipinski definition) is 9. The molecule has 0 aliphatic rings. The third kappa shape index (κ3) is 12.5. The smallest absolute Gasteiger partial charge is 0.326 e. The van der Waals surface area contributed by atoms with E-state index in [2.05, 4.69) is 36.6 Å². The Balaban J connectivity index is 1.19. The highest BCUT2D eigenvalue weighted by molar-refractivity contribution is 7.98. The van der Waals surface area contributed by atoms with Gasteiger partial charge in [0.1, 0.15) is 40.4 Å². The monoisotopic (exact) mass is 825 g/mol. The van der Waals surface area contributed by atoms with Crippen molar-refractivity contribution in [2.75, 3.05) is 18.8 Å². The lowest BCUT2D eigenvalue weighted by Crippen LogP contribution is -2.54. The first-order valence-corrected chi connectivity index (χ1v) is 20.0. The van der Waals surface area contributed by atoms with Gasteiger partial charge in [-0.15, -0.1) is 0 Å². The first-order valence-electron chi connectivity index (χ1n) is 18.9. The number of carboxylic acids is 1. The number of thioether (sulfide) groups is 1. The highest BCUT2D eigenvalue weighted by atomic mass is 32.2. The number of hydrogen-bond acceptors (Lipinski definition) is 12. The zero-order valence-electron chi connectivity index (χ0n) is 32.5. The summed E-state index contributed by atoms with van der Waals surface area (Å²) in [7, 11) is 0. The van der Waals surface area contributed by atoms with Crippen LogP contribution in [0.2, 0.25) is 0 Å². The number of fused-ring (bicyclic) bond motifs is 2. The first kappa shape index (κ1) is 43.7. The van der Waals surface area contributed by atoms with Gasteiger partial charge in [0.05, 0.1) is 19.1 Å². The molecular weight excluding hydrogens is 779 g/mol. The second kappa shape index (κ2) is 20.8. The summed E-state index contributed by atoms with van der Waals surface area (Å²) in [5.41, 5.74) is 3.16. The molecular formula is C42H47N7O9S. The summed E-state index contributed by atoms with van der Waals surface area (Å²) < 4.78 is 0. The van der Waals surface area contributed by atoms with Crippen molar-refractivity contribution >= 4 is 63.2 Å². The standard InChI is InChI=1S/C42H47N7O9S/c1-24(2)17-32(42(57)58)49-41(56)33(23-59-22-27-10-14-35(52)39-30(27)6-4-16-44-39)48-37(54)21-46-36(53)20-47-40(55)31(18-25-7-11-28(50)12-8-25)45-19-26-9-13-34(51)38-29(26)5-3-15-43-38/h3-16,24,31-33,45,50-52H,17-23H2,1-2H3,(H,46,53)(H,47,55)(H,48,54)(H,49,56)(H,57,58)/t31-,32-,33-/m0/s1. The molecule has 4 amide bonds. The molecule has 0 aliphatic carbocycles. The van der Waals surface area contributed by atoms with E-state index in [1.807, 2.05) is 19.9 Å². The molecule has 5 rings (SSSR count). The number of carbonyl (C=O) groups is 5. The normalized spacial score (nSPS) is 12.7. The Morgan fingerprint density at radius 1 is 0.678 bits per heavy atom. The number of pyridine rings is 2. The van der Waals surface area contributed by atoms with E-state index in [1.165, 1.54) is 36.0 Å². The fraction of sp³-hybridized carbons (Fsp3) is 0.310. The van der Waals surface area contributed by atoms with Crippen LogP contribution in [0.1, 0.15) is 37.0 Å². The highest BCUT2D eigenvalue weighted by Crippen LogP contribution is 2.28. The number of phenolic OH excluding ortho intramolecular Hbond substituents is 3. The molecule has 0 saturated heterocycles. The number of nitrogens with zero attached hydrogens (tertiary/aromatic N) is 2. The summed E-state index contributed by atoms with van der Waals surface area (Å²) in [6.45, 7) is 2.84. The predicted octanol–water partition coefficient (Wildman–Crippen LogP) is 2.87. The van der Waals surface area contributed by atoms with Crippen molar-refractivity contribution in [1.82, 2.24) is 36.6 Å². The number of rotatable bonds is 20. The van der Waals surface area contributed by atoms with Gasteiger partial charge in [-0.2, -0.15) is 11.8 Å². The van der Waals surface area contributed by atoms with Gasteiger partial charge >= 0.3 is 5.97 Å². The molecule has 9 N–H and O–H groups in total. The molecule has 0 bridgehead atoms. The summed E-state index contributed by atoms with van der Waals surface area (Å²) in [5, 5.41) is 54.7. The molecule has 5 aromatic rings. The minimum atomic E-state index is -1.21. The van der Waals surface area contributed by atoms with Gasteiger partial charge < -0.3 is 47.0 Å². The SMILES string of the molecule is CC(C)C[C@H](NC(=O)[C@H](CSCc1ccc(O)c2ncccc12)NC(=O)CNC(=O)CNC(=O)[C@H](Cc1ccc(O)cc1)NCc1ccc(O)c2ncccc12)C(=O)O. The number of benzene rings is 3. The van der Waals surface area contributed by atoms with Crippen LogP contribution in [0.3, 0.4) is 0 Å². The molecule has 0 fully saturated rings. The van der Waals surface area contributed by atoms with E-state index in [4.69, 9.17) is 0 Å². The van der Waals surface area contributed by atoms with E-state index in [0.717, 1.165) is 16.7 Å². The van der Waals surface area contributed by atoms with Crippen molar-refractivity contribution in [3.63, 3.8) is 0 Å². The van der Waals surface area contributed by atoms with Crippen LogP contribution in [0.4, 0.5) is 0 Å². The van der Waals surface area contributed by atoms with E-state index in [0.29, 0.717) is 27.6 Å². The fourth-order valence-electron chi connectivity index (χ4n) is 6.28. The van der Waals surface area contributed by atoms with Crippen molar-refractivity contribution in [1.29, 1.82) is 0 Å². The van der Waals surface area contributed by atoms with Crippen molar-refractivity contribution in [3.05, 3.63) is 102 Å². The molecule has 0 spiro atoms. The molecule has 0 saturated carbocycles. The quantitative estimate of drug-likeness (QED) is 0.0548. The number of carbonyl (C=O) groups excluding carboxylic acids is 4. The van der Waals surface area contributed by atoms with Crippen molar-refractivity contribution in [2.24, 2.45) is 5.92 Å². The van der Waals surface area contributed by atoms with E-state index in [1.54, 1.807) is 54.9 Å². The number of carboxylic acid groups (broad SMARTS) is 1. The lowest BCUT2D eigenvalue weighted by Gasteiger charge is -2.22. The average Bonchev–Trinajstić information content (AvgIpc) is 3.22. The molecule has 3 aromatic carbocycles.